The molecule has 0 aromatic carbocycles. The van der Waals surface area contributed by atoms with E-state index >= 15 is 0 Å². The van der Waals surface area contributed by atoms with E-state index in [1.54, 1.807) is 12.3 Å². The Morgan fingerprint density at radius 3 is 2.70 bits per heavy atom. The second-order valence-corrected chi connectivity index (χ2v) is 5.18. The summed E-state index contributed by atoms with van der Waals surface area (Å²) in [6, 6.07) is 3.92. The van der Waals surface area contributed by atoms with E-state index in [1.165, 1.54) is 0 Å². The first-order valence-electron chi connectivity index (χ1n) is 6.79. The predicted octanol–water partition coefficient (Wildman–Crippen LogP) is 1.84. The normalized spacial score (nSPS) is 16.6. The summed E-state index contributed by atoms with van der Waals surface area (Å²) in [5.74, 6) is 0.965. The molecule has 3 heterocycles. The lowest BCUT2D eigenvalue weighted by Crippen LogP contribution is -2.39. The molecule has 3 rings (SSSR count). The molecule has 20 heavy (non-hydrogen) atoms. The number of hydrogen-bond donors (Lipinski definition) is 1. The highest BCUT2D eigenvalue weighted by atomic mass is 16.3. The number of furan rings is 1. The fourth-order valence-electron chi connectivity index (χ4n) is 2.63. The maximum atomic E-state index is 12.3. The van der Waals surface area contributed by atoms with E-state index in [4.69, 9.17) is 10.2 Å². The molecule has 2 aromatic rings. The number of nitrogens with zero attached hydrogens (tertiary/aromatic N) is 3. The van der Waals surface area contributed by atoms with Crippen molar-refractivity contribution in [3.05, 3.63) is 35.9 Å². The molecule has 106 valence electrons. The van der Waals surface area contributed by atoms with E-state index in [0.717, 1.165) is 18.4 Å². The second kappa shape index (κ2) is 5.03. The van der Waals surface area contributed by atoms with Crippen molar-refractivity contribution in [1.29, 1.82) is 0 Å². The molecule has 2 N–H and O–H groups in total. The molecule has 6 heteroatoms. The van der Waals surface area contributed by atoms with Crippen molar-refractivity contribution in [3.63, 3.8) is 0 Å². The van der Waals surface area contributed by atoms with Crippen LogP contribution < -0.4 is 5.73 Å². The molecule has 1 aliphatic rings. The summed E-state index contributed by atoms with van der Waals surface area (Å²) in [6.07, 6.45) is 5.22. The van der Waals surface area contributed by atoms with Gasteiger partial charge >= 0.3 is 0 Å². The topological polar surface area (TPSA) is 77.3 Å². The van der Waals surface area contributed by atoms with Gasteiger partial charge in [0.05, 0.1) is 12.3 Å². The molecule has 1 amide bonds. The molecule has 0 bridgehead atoms. The SMILES string of the molecule is Cc1ccoc1C(=O)N1CCC(n2ccc(N)n2)CC1. The van der Waals surface area contributed by atoms with Crippen LogP contribution in [0.25, 0.3) is 0 Å². The molecule has 2 aromatic heterocycles. The number of aryl methyl sites for hydroxylation is 1. The standard InChI is InChI=1S/C14H18N4O2/c1-10-5-9-20-13(10)14(19)17-6-2-11(3-7-17)18-8-4-12(15)16-18/h4-5,8-9,11H,2-3,6-7H2,1H3,(H2,15,16). The smallest absolute Gasteiger partial charge is 0.289 e. The molecular formula is C14H18N4O2. The summed E-state index contributed by atoms with van der Waals surface area (Å²) in [7, 11) is 0. The number of carbonyl (C=O) groups excluding carboxylic acids is 1. The van der Waals surface area contributed by atoms with E-state index in [0.29, 0.717) is 30.7 Å². The zero-order valence-corrected chi connectivity index (χ0v) is 11.5. The molecule has 0 atom stereocenters. The molecule has 1 aliphatic heterocycles. The fraction of sp³-hybridized carbons (Fsp3) is 0.429. The number of nitrogen functional groups attached to an aromatic ring is 1. The molecule has 0 saturated carbocycles. The quantitative estimate of drug-likeness (QED) is 0.906. The van der Waals surface area contributed by atoms with E-state index in [-0.39, 0.29) is 5.91 Å². The fourth-order valence-corrected chi connectivity index (χ4v) is 2.63. The maximum absolute atomic E-state index is 12.3. The molecule has 0 aliphatic carbocycles. The zero-order valence-electron chi connectivity index (χ0n) is 11.5. The number of piperidine rings is 1. The van der Waals surface area contributed by atoms with Crippen LogP contribution in [0.5, 0.6) is 0 Å². The van der Waals surface area contributed by atoms with Gasteiger partial charge in [-0.25, -0.2) is 0 Å². The second-order valence-electron chi connectivity index (χ2n) is 5.18. The van der Waals surface area contributed by atoms with E-state index < -0.39 is 0 Å². The minimum Gasteiger partial charge on any atom is -0.459 e. The monoisotopic (exact) mass is 274 g/mol. The Hall–Kier alpha value is -2.24. The van der Waals surface area contributed by atoms with Gasteiger partial charge in [-0.3, -0.25) is 9.48 Å². The molecule has 0 unspecified atom stereocenters. The van der Waals surface area contributed by atoms with Crippen LogP contribution in [-0.4, -0.2) is 33.7 Å². The lowest BCUT2D eigenvalue weighted by Gasteiger charge is -2.31. The molecule has 0 radical (unpaired) electrons. The van der Waals surface area contributed by atoms with Crippen molar-refractivity contribution in [1.82, 2.24) is 14.7 Å². The van der Waals surface area contributed by atoms with Crippen LogP contribution in [0.2, 0.25) is 0 Å². The summed E-state index contributed by atoms with van der Waals surface area (Å²) >= 11 is 0. The third-order valence-corrected chi connectivity index (χ3v) is 3.81. The number of aromatic nitrogens is 2. The maximum Gasteiger partial charge on any atom is 0.289 e. The average Bonchev–Trinajstić information content (AvgIpc) is 3.07. The van der Waals surface area contributed by atoms with Gasteiger partial charge in [0.2, 0.25) is 0 Å². The van der Waals surface area contributed by atoms with Gasteiger partial charge in [-0.15, -0.1) is 0 Å². The van der Waals surface area contributed by atoms with Gasteiger partial charge in [0.25, 0.3) is 5.91 Å². The molecular weight excluding hydrogens is 256 g/mol. The van der Waals surface area contributed by atoms with Crippen LogP contribution in [-0.2, 0) is 0 Å². The first-order chi connectivity index (χ1) is 9.65. The highest BCUT2D eigenvalue weighted by Gasteiger charge is 2.27. The number of amides is 1. The third kappa shape index (κ3) is 2.29. The van der Waals surface area contributed by atoms with Gasteiger partial charge in [0, 0.05) is 24.8 Å². The molecule has 1 fully saturated rings. The third-order valence-electron chi connectivity index (χ3n) is 3.81. The summed E-state index contributed by atoms with van der Waals surface area (Å²) in [4.78, 5) is 14.2. The predicted molar refractivity (Wildman–Crippen MR) is 74.3 cm³/mol. The minimum atomic E-state index is -0.0223. The number of anilines is 1. The Bertz CT molecular complexity index is 608. The number of nitrogens with two attached hydrogens (primary N) is 1. The number of carbonyl (C=O) groups is 1. The summed E-state index contributed by atoms with van der Waals surface area (Å²) in [6.45, 7) is 3.31. The van der Waals surface area contributed by atoms with E-state index in [9.17, 15) is 4.79 Å². The highest BCUT2D eigenvalue weighted by molar-refractivity contribution is 5.92. The summed E-state index contributed by atoms with van der Waals surface area (Å²) < 4.78 is 7.17. The van der Waals surface area contributed by atoms with Gasteiger partial charge < -0.3 is 15.1 Å². The van der Waals surface area contributed by atoms with Crippen LogP contribution in [0.1, 0.15) is 35.0 Å². The van der Waals surface area contributed by atoms with Crippen LogP contribution in [0.3, 0.4) is 0 Å². The van der Waals surface area contributed by atoms with E-state index in [1.807, 2.05) is 28.8 Å². The first-order valence-corrected chi connectivity index (χ1v) is 6.79. The largest absolute Gasteiger partial charge is 0.459 e. The average molecular weight is 274 g/mol. The van der Waals surface area contributed by atoms with Gasteiger partial charge in [0.1, 0.15) is 5.82 Å². The van der Waals surface area contributed by atoms with E-state index in [2.05, 4.69) is 5.10 Å². The van der Waals surface area contributed by atoms with Crippen molar-refractivity contribution >= 4 is 11.7 Å². The van der Waals surface area contributed by atoms with Crippen LogP contribution in [0.15, 0.2) is 29.0 Å². The summed E-state index contributed by atoms with van der Waals surface area (Å²) in [5, 5.41) is 4.24. The lowest BCUT2D eigenvalue weighted by molar-refractivity contribution is 0.0657. The van der Waals surface area contributed by atoms with Crippen LogP contribution >= 0.6 is 0 Å². The van der Waals surface area contributed by atoms with Crippen molar-refractivity contribution in [2.24, 2.45) is 0 Å². The van der Waals surface area contributed by atoms with Gasteiger partial charge in [-0.2, -0.15) is 5.10 Å². The molecule has 0 spiro atoms. The Labute approximate surface area is 117 Å². The van der Waals surface area contributed by atoms with Crippen molar-refractivity contribution in [2.45, 2.75) is 25.8 Å². The van der Waals surface area contributed by atoms with Gasteiger partial charge in [-0.1, -0.05) is 0 Å². The Morgan fingerprint density at radius 1 is 1.40 bits per heavy atom. The lowest BCUT2D eigenvalue weighted by atomic mass is 10.0. The number of rotatable bonds is 2. The molecule has 1 saturated heterocycles. The number of hydrogen-bond acceptors (Lipinski definition) is 4. The van der Waals surface area contributed by atoms with Crippen molar-refractivity contribution in [2.75, 3.05) is 18.8 Å². The minimum absolute atomic E-state index is 0.0223. The first kappa shape index (κ1) is 12.8. The van der Waals surface area contributed by atoms with Crippen LogP contribution in [0.4, 0.5) is 5.82 Å². The Balaban J connectivity index is 1.64. The van der Waals surface area contributed by atoms with Gasteiger partial charge in [-0.05, 0) is 31.9 Å². The highest BCUT2D eigenvalue weighted by Crippen LogP contribution is 2.24. The zero-order chi connectivity index (χ0) is 14.1. The summed E-state index contributed by atoms with van der Waals surface area (Å²) in [5.41, 5.74) is 6.52. The van der Waals surface area contributed by atoms with Crippen molar-refractivity contribution in [3.8, 4) is 0 Å². The Morgan fingerprint density at radius 2 is 2.15 bits per heavy atom. The van der Waals surface area contributed by atoms with Gasteiger partial charge in [0.15, 0.2) is 5.76 Å². The Kier molecular flexibility index (Phi) is 3.22. The molecule has 6 nitrogen and oxygen atoms in total. The van der Waals surface area contributed by atoms with Crippen molar-refractivity contribution < 1.29 is 9.21 Å². The van der Waals surface area contributed by atoms with Crippen LogP contribution in [0, 0.1) is 6.92 Å². The number of likely N-dealkylation sites (tertiary alicyclic amines) is 1.